The van der Waals surface area contributed by atoms with E-state index in [4.69, 9.17) is 5.73 Å². The fourth-order valence-electron chi connectivity index (χ4n) is 2.51. The van der Waals surface area contributed by atoms with Crippen LogP contribution in [0.25, 0.3) is 5.69 Å². The first kappa shape index (κ1) is 14.2. The first-order valence-electron chi connectivity index (χ1n) is 6.95. The summed E-state index contributed by atoms with van der Waals surface area (Å²) in [6.45, 7) is 0.827. The first-order chi connectivity index (χ1) is 10.5. The van der Waals surface area contributed by atoms with Crippen LogP contribution >= 0.6 is 0 Å². The second-order valence-corrected chi connectivity index (χ2v) is 5.26. The molecule has 0 bridgehead atoms. The number of carbonyl (C=O) groups is 2. The molecule has 1 aliphatic heterocycles. The van der Waals surface area contributed by atoms with Crippen LogP contribution in [0.15, 0.2) is 36.5 Å². The van der Waals surface area contributed by atoms with Crippen molar-refractivity contribution in [2.45, 2.75) is 6.42 Å². The van der Waals surface area contributed by atoms with E-state index in [1.165, 1.54) is 16.8 Å². The molecule has 1 aromatic carbocycles. The summed E-state index contributed by atoms with van der Waals surface area (Å²) in [4.78, 5) is 25.1. The second kappa shape index (κ2) is 5.59. The van der Waals surface area contributed by atoms with Crippen LogP contribution in [-0.2, 0) is 4.79 Å². The molecule has 1 aliphatic rings. The minimum atomic E-state index is -0.382. The summed E-state index contributed by atoms with van der Waals surface area (Å²) in [6.07, 6.45) is 2.22. The molecular formula is C15H15FN4O2. The SMILES string of the molecule is NC(=O)[C@@H]1CCN(C(=O)c2ccn(-c3ccc(F)cc3)n2)C1. The summed E-state index contributed by atoms with van der Waals surface area (Å²) in [5.41, 5.74) is 6.21. The third-order valence-corrected chi connectivity index (χ3v) is 3.78. The van der Waals surface area contributed by atoms with Gasteiger partial charge in [0, 0.05) is 19.3 Å². The number of amides is 2. The highest BCUT2D eigenvalue weighted by Crippen LogP contribution is 2.18. The van der Waals surface area contributed by atoms with Gasteiger partial charge in [-0.2, -0.15) is 5.10 Å². The van der Waals surface area contributed by atoms with E-state index in [2.05, 4.69) is 5.10 Å². The molecule has 7 heteroatoms. The number of carbonyl (C=O) groups excluding carboxylic acids is 2. The van der Waals surface area contributed by atoms with Gasteiger partial charge in [0.05, 0.1) is 11.6 Å². The number of rotatable bonds is 3. The van der Waals surface area contributed by atoms with Crippen LogP contribution in [0.5, 0.6) is 0 Å². The average Bonchev–Trinajstić information content (AvgIpc) is 3.17. The zero-order chi connectivity index (χ0) is 15.7. The highest BCUT2D eigenvalue weighted by molar-refractivity contribution is 5.93. The van der Waals surface area contributed by atoms with Crippen LogP contribution in [-0.4, -0.2) is 39.6 Å². The molecule has 2 amide bonds. The largest absolute Gasteiger partial charge is 0.369 e. The monoisotopic (exact) mass is 302 g/mol. The Morgan fingerprint density at radius 2 is 1.95 bits per heavy atom. The maximum absolute atomic E-state index is 12.9. The van der Waals surface area contributed by atoms with Gasteiger partial charge in [-0.3, -0.25) is 9.59 Å². The summed E-state index contributed by atoms with van der Waals surface area (Å²) in [5, 5.41) is 4.21. The number of benzene rings is 1. The predicted molar refractivity (Wildman–Crippen MR) is 76.7 cm³/mol. The van der Waals surface area contributed by atoms with Crippen molar-refractivity contribution in [2.24, 2.45) is 11.7 Å². The van der Waals surface area contributed by atoms with Gasteiger partial charge < -0.3 is 10.6 Å². The third kappa shape index (κ3) is 2.69. The number of hydrogen-bond acceptors (Lipinski definition) is 3. The van der Waals surface area contributed by atoms with Gasteiger partial charge in [0.1, 0.15) is 5.82 Å². The molecule has 0 aliphatic carbocycles. The molecule has 1 atom stereocenters. The van der Waals surface area contributed by atoms with Gasteiger partial charge in [-0.25, -0.2) is 9.07 Å². The van der Waals surface area contributed by atoms with E-state index in [-0.39, 0.29) is 29.2 Å². The molecule has 0 saturated carbocycles. The predicted octanol–water partition coefficient (Wildman–Crippen LogP) is 0.959. The molecular weight excluding hydrogens is 287 g/mol. The number of halogens is 1. The van der Waals surface area contributed by atoms with Crippen molar-refractivity contribution in [1.29, 1.82) is 0 Å². The van der Waals surface area contributed by atoms with Crippen LogP contribution in [0, 0.1) is 11.7 Å². The van der Waals surface area contributed by atoms with Gasteiger partial charge >= 0.3 is 0 Å². The van der Waals surface area contributed by atoms with E-state index < -0.39 is 0 Å². The summed E-state index contributed by atoms with van der Waals surface area (Å²) < 4.78 is 14.4. The normalized spacial score (nSPS) is 17.7. The highest BCUT2D eigenvalue weighted by Gasteiger charge is 2.31. The maximum atomic E-state index is 12.9. The Labute approximate surface area is 126 Å². The number of likely N-dealkylation sites (tertiary alicyclic amines) is 1. The Bertz CT molecular complexity index is 711. The summed E-state index contributed by atoms with van der Waals surface area (Å²) in [5.74, 6) is -1.23. The molecule has 6 nitrogen and oxygen atoms in total. The topological polar surface area (TPSA) is 81.2 Å². The lowest BCUT2D eigenvalue weighted by Gasteiger charge is -2.14. The molecule has 1 aromatic heterocycles. The Hall–Kier alpha value is -2.70. The molecule has 2 N–H and O–H groups in total. The molecule has 22 heavy (non-hydrogen) atoms. The molecule has 0 spiro atoms. The maximum Gasteiger partial charge on any atom is 0.274 e. The van der Waals surface area contributed by atoms with E-state index in [9.17, 15) is 14.0 Å². The average molecular weight is 302 g/mol. The van der Waals surface area contributed by atoms with Crippen molar-refractivity contribution < 1.29 is 14.0 Å². The zero-order valence-electron chi connectivity index (χ0n) is 11.8. The van der Waals surface area contributed by atoms with Crippen LogP contribution in [0.1, 0.15) is 16.9 Å². The van der Waals surface area contributed by atoms with E-state index in [1.807, 2.05) is 0 Å². The van der Waals surface area contributed by atoms with Gasteiger partial charge in [-0.1, -0.05) is 0 Å². The van der Waals surface area contributed by atoms with Crippen molar-refractivity contribution in [3.05, 3.63) is 48.0 Å². The van der Waals surface area contributed by atoms with Crippen molar-refractivity contribution in [3.63, 3.8) is 0 Å². The number of hydrogen-bond donors (Lipinski definition) is 1. The molecule has 0 unspecified atom stereocenters. The highest BCUT2D eigenvalue weighted by atomic mass is 19.1. The number of nitrogens with two attached hydrogens (primary N) is 1. The Morgan fingerprint density at radius 3 is 2.59 bits per heavy atom. The van der Waals surface area contributed by atoms with Crippen LogP contribution in [0.4, 0.5) is 4.39 Å². The third-order valence-electron chi connectivity index (χ3n) is 3.78. The van der Waals surface area contributed by atoms with E-state index in [1.54, 1.807) is 29.3 Å². The minimum absolute atomic E-state index is 0.232. The van der Waals surface area contributed by atoms with E-state index in [0.29, 0.717) is 25.2 Å². The molecule has 2 heterocycles. The van der Waals surface area contributed by atoms with Crippen molar-refractivity contribution in [2.75, 3.05) is 13.1 Å². The van der Waals surface area contributed by atoms with Gasteiger partial charge in [0.15, 0.2) is 5.69 Å². The van der Waals surface area contributed by atoms with Gasteiger partial charge in [0.25, 0.3) is 5.91 Å². The number of nitrogens with zero attached hydrogens (tertiary/aromatic N) is 3. The molecule has 114 valence electrons. The molecule has 3 rings (SSSR count). The van der Waals surface area contributed by atoms with E-state index in [0.717, 1.165) is 0 Å². The van der Waals surface area contributed by atoms with Gasteiger partial charge in [-0.05, 0) is 36.8 Å². The van der Waals surface area contributed by atoms with Gasteiger partial charge in [0.2, 0.25) is 5.91 Å². The zero-order valence-corrected chi connectivity index (χ0v) is 11.8. The lowest BCUT2D eigenvalue weighted by atomic mass is 10.1. The van der Waals surface area contributed by atoms with Crippen LogP contribution < -0.4 is 5.73 Å². The second-order valence-electron chi connectivity index (χ2n) is 5.26. The lowest BCUT2D eigenvalue weighted by Crippen LogP contribution is -2.32. The van der Waals surface area contributed by atoms with E-state index >= 15 is 0 Å². The quantitative estimate of drug-likeness (QED) is 0.917. The smallest absolute Gasteiger partial charge is 0.274 e. The number of aromatic nitrogens is 2. The Morgan fingerprint density at radius 1 is 1.23 bits per heavy atom. The summed E-state index contributed by atoms with van der Waals surface area (Å²) in [7, 11) is 0. The van der Waals surface area contributed by atoms with Crippen molar-refractivity contribution in [1.82, 2.24) is 14.7 Å². The lowest BCUT2D eigenvalue weighted by molar-refractivity contribution is -0.121. The number of primary amides is 1. The molecule has 2 aromatic rings. The van der Waals surface area contributed by atoms with Crippen molar-refractivity contribution in [3.8, 4) is 5.69 Å². The fraction of sp³-hybridized carbons (Fsp3) is 0.267. The van der Waals surface area contributed by atoms with Crippen molar-refractivity contribution >= 4 is 11.8 Å². The Kier molecular flexibility index (Phi) is 3.62. The molecule has 0 radical (unpaired) electrons. The molecule has 1 fully saturated rings. The van der Waals surface area contributed by atoms with Gasteiger partial charge in [-0.15, -0.1) is 0 Å². The standard InChI is InChI=1S/C15H15FN4O2/c16-11-1-3-12(4-2-11)20-8-6-13(18-20)15(22)19-7-5-10(9-19)14(17)21/h1-4,6,8,10H,5,7,9H2,(H2,17,21)/t10-/m1/s1. The molecule has 1 saturated heterocycles. The van der Waals surface area contributed by atoms with Crippen LogP contribution in [0.3, 0.4) is 0 Å². The summed E-state index contributed by atoms with van der Waals surface area (Å²) >= 11 is 0. The summed E-state index contributed by atoms with van der Waals surface area (Å²) in [6, 6.07) is 7.42. The Balaban J connectivity index is 1.75. The van der Waals surface area contributed by atoms with Crippen LogP contribution in [0.2, 0.25) is 0 Å². The first-order valence-corrected chi connectivity index (χ1v) is 6.95. The fourth-order valence-corrected chi connectivity index (χ4v) is 2.51. The minimum Gasteiger partial charge on any atom is -0.369 e.